The van der Waals surface area contributed by atoms with E-state index in [1.54, 1.807) is 18.2 Å². The highest BCUT2D eigenvalue weighted by Crippen LogP contribution is 2.28. The number of benzene rings is 3. The van der Waals surface area contributed by atoms with Crippen LogP contribution in [-0.4, -0.2) is 19.6 Å². The number of hydrogen-bond acceptors (Lipinski definition) is 6. The Bertz CT molecular complexity index is 1290. The van der Waals surface area contributed by atoms with E-state index in [2.05, 4.69) is 43.3 Å². The molecule has 5 aromatic rings. The molecule has 0 bridgehead atoms. The molecule has 5 nitrogen and oxygen atoms in total. The first-order chi connectivity index (χ1) is 14.3. The summed E-state index contributed by atoms with van der Waals surface area (Å²) in [5.41, 5.74) is 6.24. The SMILES string of the molecule is O=C(Nc1nc(-c2ccc(-c3ccccc3)cc2)cs1)c1ccc2nsnc2c1. The highest BCUT2D eigenvalue weighted by atomic mass is 32.1. The van der Waals surface area contributed by atoms with Gasteiger partial charge in [-0.25, -0.2) is 4.98 Å². The summed E-state index contributed by atoms with van der Waals surface area (Å²) in [6.45, 7) is 0. The van der Waals surface area contributed by atoms with Gasteiger partial charge in [-0.2, -0.15) is 8.75 Å². The molecule has 140 valence electrons. The topological polar surface area (TPSA) is 67.8 Å². The van der Waals surface area contributed by atoms with Crippen molar-refractivity contribution in [1.29, 1.82) is 0 Å². The van der Waals surface area contributed by atoms with E-state index in [-0.39, 0.29) is 5.91 Å². The number of rotatable bonds is 4. The fraction of sp³-hybridized carbons (Fsp3) is 0. The zero-order valence-corrected chi connectivity index (χ0v) is 16.7. The van der Waals surface area contributed by atoms with E-state index in [9.17, 15) is 4.79 Å². The van der Waals surface area contributed by atoms with E-state index < -0.39 is 0 Å². The summed E-state index contributed by atoms with van der Waals surface area (Å²) in [7, 11) is 0. The number of nitrogens with zero attached hydrogens (tertiary/aromatic N) is 3. The molecule has 0 aliphatic carbocycles. The van der Waals surface area contributed by atoms with E-state index in [0.717, 1.165) is 39.6 Å². The van der Waals surface area contributed by atoms with Gasteiger partial charge in [0.1, 0.15) is 11.0 Å². The lowest BCUT2D eigenvalue weighted by molar-refractivity contribution is 0.102. The standard InChI is InChI=1S/C22H14N4OS2/c27-21(17-10-11-18-19(12-17)26-29-25-18)24-22-23-20(13-28-22)16-8-6-15(7-9-16)14-4-2-1-3-5-14/h1-13H,(H,23,24,27). The number of aromatic nitrogens is 3. The number of anilines is 1. The number of carbonyl (C=O) groups is 1. The van der Waals surface area contributed by atoms with Crippen LogP contribution in [0.2, 0.25) is 0 Å². The Morgan fingerprint density at radius 2 is 1.52 bits per heavy atom. The molecular weight excluding hydrogens is 400 g/mol. The third kappa shape index (κ3) is 3.65. The Hall–Kier alpha value is -3.42. The molecule has 0 saturated carbocycles. The van der Waals surface area contributed by atoms with Crippen molar-refractivity contribution in [3.63, 3.8) is 0 Å². The second-order valence-electron chi connectivity index (χ2n) is 6.40. The average Bonchev–Trinajstić information content (AvgIpc) is 3.43. The van der Waals surface area contributed by atoms with Crippen molar-refractivity contribution >= 4 is 45.1 Å². The third-order valence-electron chi connectivity index (χ3n) is 4.53. The van der Waals surface area contributed by atoms with Crippen molar-refractivity contribution in [3.05, 3.63) is 83.7 Å². The number of hydrogen-bond donors (Lipinski definition) is 1. The Labute approximate surface area is 175 Å². The van der Waals surface area contributed by atoms with E-state index >= 15 is 0 Å². The number of fused-ring (bicyclic) bond motifs is 1. The van der Waals surface area contributed by atoms with Crippen molar-refractivity contribution in [1.82, 2.24) is 13.7 Å². The molecule has 2 heterocycles. The maximum atomic E-state index is 12.5. The van der Waals surface area contributed by atoms with Crippen molar-refractivity contribution in [2.24, 2.45) is 0 Å². The Morgan fingerprint density at radius 3 is 2.34 bits per heavy atom. The van der Waals surface area contributed by atoms with E-state index in [1.165, 1.54) is 16.9 Å². The molecule has 1 N–H and O–H groups in total. The first kappa shape index (κ1) is 17.7. The zero-order chi connectivity index (χ0) is 19.6. The maximum absolute atomic E-state index is 12.5. The van der Waals surface area contributed by atoms with Crippen molar-refractivity contribution < 1.29 is 4.79 Å². The monoisotopic (exact) mass is 414 g/mol. The zero-order valence-electron chi connectivity index (χ0n) is 15.1. The number of nitrogens with one attached hydrogen (secondary N) is 1. The molecule has 0 spiro atoms. The van der Waals surface area contributed by atoms with Gasteiger partial charge in [0, 0.05) is 16.5 Å². The minimum atomic E-state index is -0.208. The molecule has 1 amide bonds. The van der Waals surface area contributed by atoms with Gasteiger partial charge in [-0.15, -0.1) is 11.3 Å². The molecule has 0 atom stereocenters. The van der Waals surface area contributed by atoms with Crippen LogP contribution in [0.5, 0.6) is 0 Å². The third-order valence-corrected chi connectivity index (χ3v) is 5.84. The summed E-state index contributed by atoms with van der Waals surface area (Å²) in [4.78, 5) is 17.1. The van der Waals surface area contributed by atoms with Gasteiger partial charge in [0.05, 0.1) is 17.4 Å². The number of thiazole rings is 1. The predicted molar refractivity (Wildman–Crippen MR) is 118 cm³/mol. The molecule has 5 rings (SSSR count). The Balaban J connectivity index is 1.33. The summed E-state index contributed by atoms with van der Waals surface area (Å²) in [6.07, 6.45) is 0. The van der Waals surface area contributed by atoms with E-state index in [1.807, 2.05) is 35.7 Å². The van der Waals surface area contributed by atoms with Crippen LogP contribution in [0.3, 0.4) is 0 Å². The van der Waals surface area contributed by atoms with Gasteiger partial charge in [0.2, 0.25) is 0 Å². The van der Waals surface area contributed by atoms with Crippen LogP contribution < -0.4 is 5.32 Å². The second kappa shape index (κ2) is 7.54. The lowest BCUT2D eigenvalue weighted by Crippen LogP contribution is -2.11. The molecule has 29 heavy (non-hydrogen) atoms. The highest BCUT2D eigenvalue weighted by Gasteiger charge is 2.12. The van der Waals surface area contributed by atoms with Gasteiger partial charge in [-0.05, 0) is 29.3 Å². The van der Waals surface area contributed by atoms with Crippen molar-refractivity contribution in [2.75, 3.05) is 5.32 Å². The first-order valence-corrected chi connectivity index (χ1v) is 10.5. The maximum Gasteiger partial charge on any atom is 0.257 e. The summed E-state index contributed by atoms with van der Waals surface area (Å²) >= 11 is 2.54. The van der Waals surface area contributed by atoms with Gasteiger partial charge in [-0.1, -0.05) is 54.6 Å². The lowest BCUT2D eigenvalue weighted by atomic mass is 10.0. The number of carbonyl (C=O) groups excluding carboxylic acids is 1. The van der Waals surface area contributed by atoms with Crippen LogP contribution in [0, 0.1) is 0 Å². The van der Waals surface area contributed by atoms with E-state index in [0.29, 0.717) is 10.7 Å². The lowest BCUT2D eigenvalue weighted by Gasteiger charge is -2.03. The van der Waals surface area contributed by atoms with Crippen LogP contribution in [0.4, 0.5) is 5.13 Å². The minimum Gasteiger partial charge on any atom is -0.298 e. The fourth-order valence-corrected chi connectivity index (χ4v) is 4.25. The van der Waals surface area contributed by atoms with Gasteiger partial charge < -0.3 is 0 Å². The summed E-state index contributed by atoms with van der Waals surface area (Å²) in [5.74, 6) is -0.208. The quantitative estimate of drug-likeness (QED) is 0.407. The smallest absolute Gasteiger partial charge is 0.257 e. The summed E-state index contributed by atoms with van der Waals surface area (Å²) in [6, 6.07) is 23.8. The van der Waals surface area contributed by atoms with Crippen LogP contribution in [-0.2, 0) is 0 Å². The minimum absolute atomic E-state index is 0.208. The van der Waals surface area contributed by atoms with Gasteiger partial charge in [-0.3, -0.25) is 10.1 Å². The van der Waals surface area contributed by atoms with Crippen molar-refractivity contribution in [2.45, 2.75) is 0 Å². The molecule has 0 fully saturated rings. The van der Waals surface area contributed by atoms with Gasteiger partial charge >= 0.3 is 0 Å². The van der Waals surface area contributed by atoms with Crippen LogP contribution in [0.1, 0.15) is 10.4 Å². The largest absolute Gasteiger partial charge is 0.298 e. The highest BCUT2D eigenvalue weighted by molar-refractivity contribution is 7.14. The Morgan fingerprint density at radius 1 is 0.793 bits per heavy atom. The first-order valence-electron chi connectivity index (χ1n) is 8.91. The molecular formula is C22H14N4OS2. The average molecular weight is 415 g/mol. The molecule has 2 aromatic heterocycles. The predicted octanol–water partition coefficient (Wildman–Crippen LogP) is 5.73. The van der Waals surface area contributed by atoms with Crippen LogP contribution in [0.25, 0.3) is 33.4 Å². The molecule has 0 aliphatic heterocycles. The molecule has 0 aliphatic rings. The normalized spacial score (nSPS) is 10.9. The van der Waals surface area contributed by atoms with Gasteiger partial charge in [0.25, 0.3) is 5.91 Å². The van der Waals surface area contributed by atoms with E-state index in [4.69, 9.17) is 0 Å². The molecule has 7 heteroatoms. The van der Waals surface area contributed by atoms with Crippen molar-refractivity contribution in [3.8, 4) is 22.4 Å². The Kier molecular flexibility index (Phi) is 4.59. The molecule has 0 radical (unpaired) electrons. The molecule has 0 saturated heterocycles. The van der Waals surface area contributed by atoms with Crippen LogP contribution >= 0.6 is 23.1 Å². The molecule has 3 aromatic carbocycles. The fourth-order valence-electron chi connectivity index (χ4n) is 3.02. The summed E-state index contributed by atoms with van der Waals surface area (Å²) < 4.78 is 8.33. The molecule has 0 unspecified atom stereocenters. The number of amides is 1. The van der Waals surface area contributed by atoms with Gasteiger partial charge in [0.15, 0.2) is 5.13 Å². The van der Waals surface area contributed by atoms with Crippen LogP contribution in [0.15, 0.2) is 78.2 Å². The summed E-state index contributed by atoms with van der Waals surface area (Å²) in [5, 5.41) is 5.37. The second-order valence-corrected chi connectivity index (χ2v) is 7.79.